The van der Waals surface area contributed by atoms with Crippen LogP contribution in [0.5, 0.6) is 0 Å². The van der Waals surface area contributed by atoms with Gasteiger partial charge in [-0.15, -0.1) is 0 Å². The van der Waals surface area contributed by atoms with E-state index >= 15 is 0 Å². The van der Waals surface area contributed by atoms with Gasteiger partial charge in [0.2, 0.25) is 0 Å². The average Bonchev–Trinajstić information content (AvgIpc) is 2.68. The molecule has 2 aromatic rings. The summed E-state index contributed by atoms with van der Waals surface area (Å²) in [6.07, 6.45) is 0. The number of benzene rings is 2. The van der Waals surface area contributed by atoms with Crippen molar-refractivity contribution in [1.29, 1.82) is 0 Å². The number of rotatable bonds is 3. The maximum absolute atomic E-state index is 13.3. The van der Waals surface area contributed by atoms with E-state index < -0.39 is 16.0 Å². The first-order valence-corrected chi connectivity index (χ1v) is 9.29. The fourth-order valence-electron chi connectivity index (χ4n) is 2.41. The summed E-state index contributed by atoms with van der Waals surface area (Å²) in [5.74, 6) is -0.518. The fraction of sp³-hybridized carbons (Fsp3) is 0.143. The van der Waals surface area contributed by atoms with E-state index in [9.17, 15) is 12.8 Å². The summed E-state index contributed by atoms with van der Waals surface area (Å²) >= 11 is 9.32. The lowest BCUT2D eigenvalue weighted by atomic mass is 10.2. The molecule has 3 rings (SSSR count). The Morgan fingerprint density at radius 2 is 1.77 bits per heavy atom. The highest BCUT2D eigenvalue weighted by Crippen LogP contribution is 2.46. The molecule has 4 nitrogen and oxygen atoms in total. The van der Waals surface area contributed by atoms with Crippen molar-refractivity contribution in [3.63, 3.8) is 0 Å². The third-order valence-corrected chi connectivity index (χ3v) is 5.74. The topological polar surface area (TPSA) is 40.6 Å². The third-order valence-electron chi connectivity index (χ3n) is 3.29. The fourth-order valence-corrected chi connectivity index (χ4v) is 5.03. The van der Waals surface area contributed by atoms with E-state index in [1.54, 1.807) is 24.3 Å². The van der Waals surface area contributed by atoms with Crippen LogP contribution in [0, 0.1) is 5.82 Å². The van der Waals surface area contributed by atoms with Gasteiger partial charge in [0.05, 0.1) is 22.1 Å². The molecule has 1 heterocycles. The molecule has 0 atom stereocenters. The second kappa shape index (κ2) is 5.72. The van der Waals surface area contributed by atoms with Crippen molar-refractivity contribution in [3.8, 4) is 0 Å². The standard InChI is InChI=1S/C14H11BrClFN2O2S/c15-7-8-18-13-3-1-2-4-14(13)19(22(18,20)21)12-6-5-10(17)9-11(12)16/h1-6,9H,7-8H2. The van der Waals surface area contributed by atoms with E-state index in [0.29, 0.717) is 16.7 Å². The van der Waals surface area contributed by atoms with Crippen molar-refractivity contribution in [3.05, 3.63) is 53.3 Å². The molecule has 1 aliphatic rings. The summed E-state index contributed by atoms with van der Waals surface area (Å²) in [6, 6.07) is 10.6. The van der Waals surface area contributed by atoms with Gasteiger partial charge in [-0.1, -0.05) is 39.7 Å². The highest BCUT2D eigenvalue weighted by atomic mass is 79.9. The summed E-state index contributed by atoms with van der Waals surface area (Å²) < 4.78 is 41.4. The quantitative estimate of drug-likeness (QED) is 0.722. The van der Waals surface area contributed by atoms with Crippen molar-refractivity contribution < 1.29 is 12.8 Å². The predicted octanol–water partition coefficient (Wildman–Crippen LogP) is 4.08. The molecule has 2 aromatic carbocycles. The molecule has 0 unspecified atom stereocenters. The van der Waals surface area contributed by atoms with Crippen molar-refractivity contribution in [1.82, 2.24) is 0 Å². The summed E-state index contributed by atoms with van der Waals surface area (Å²) in [4.78, 5) is 0. The molecule has 22 heavy (non-hydrogen) atoms. The number of hydrogen-bond acceptors (Lipinski definition) is 2. The number of alkyl halides is 1. The maximum Gasteiger partial charge on any atom is 0.331 e. The molecule has 0 spiro atoms. The highest BCUT2D eigenvalue weighted by molar-refractivity contribution is 9.09. The molecule has 0 aliphatic carbocycles. The second-order valence-corrected chi connectivity index (χ2v) is 7.52. The monoisotopic (exact) mass is 404 g/mol. The number of fused-ring (bicyclic) bond motifs is 1. The Labute approximate surface area is 141 Å². The van der Waals surface area contributed by atoms with E-state index in [1.807, 2.05) is 0 Å². The number of para-hydroxylation sites is 2. The van der Waals surface area contributed by atoms with Crippen LogP contribution < -0.4 is 8.61 Å². The number of nitrogens with zero attached hydrogens (tertiary/aromatic N) is 2. The molecule has 116 valence electrons. The maximum atomic E-state index is 13.3. The summed E-state index contributed by atoms with van der Waals surface area (Å²) in [5.41, 5.74) is 1.30. The molecule has 0 bridgehead atoms. The van der Waals surface area contributed by atoms with Crippen LogP contribution in [0.25, 0.3) is 0 Å². The van der Waals surface area contributed by atoms with Gasteiger partial charge in [-0.3, -0.25) is 4.31 Å². The molecule has 0 saturated carbocycles. The smallest absolute Gasteiger partial charge is 0.250 e. The normalized spacial score (nSPS) is 16.0. The predicted molar refractivity (Wildman–Crippen MR) is 90.1 cm³/mol. The second-order valence-electron chi connectivity index (χ2n) is 4.62. The van der Waals surface area contributed by atoms with Crippen LogP contribution in [-0.4, -0.2) is 20.3 Å². The molecule has 0 aromatic heterocycles. The van der Waals surface area contributed by atoms with Gasteiger partial charge in [-0.2, -0.15) is 8.42 Å². The van der Waals surface area contributed by atoms with Crippen LogP contribution >= 0.6 is 27.5 Å². The first kappa shape index (κ1) is 15.6. The Morgan fingerprint density at radius 3 is 2.41 bits per heavy atom. The van der Waals surface area contributed by atoms with E-state index in [1.165, 1.54) is 16.4 Å². The minimum Gasteiger partial charge on any atom is -0.250 e. The van der Waals surface area contributed by atoms with Gasteiger partial charge >= 0.3 is 10.2 Å². The van der Waals surface area contributed by atoms with Gasteiger partial charge in [-0.05, 0) is 30.3 Å². The van der Waals surface area contributed by atoms with Gasteiger partial charge in [0.1, 0.15) is 5.82 Å². The van der Waals surface area contributed by atoms with Crippen molar-refractivity contribution in [2.24, 2.45) is 0 Å². The minimum atomic E-state index is -3.81. The van der Waals surface area contributed by atoms with Crippen LogP contribution in [-0.2, 0) is 10.2 Å². The third kappa shape index (κ3) is 2.37. The van der Waals surface area contributed by atoms with Crippen molar-refractivity contribution in [2.75, 3.05) is 20.5 Å². The highest BCUT2D eigenvalue weighted by Gasteiger charge is 2.41. The molecule has 1 aliphatic heterocycles. The zero-order chi connectivity index (χ0) is 15.9. The number of hydrogen-bond donors (Lipinski definition) is 0. The number of halogens is 3. The first-order chi connectivity index (χ1) is 10.5. The van der Waals surface area contributed by atoms with Gasteiger partial charge in [0.15, 0.2) is 0 Å². The van der Waals surface area contributed by atoms with Crippen LogP contribution in [0.3, 0.4) is 0 Å². The zero-order valence-electron chi connectivity index (χ0n) is 11.2. The van der Waals surface area contributed by atoms with Gasteiger partial charge in [0.25, 0.3) is 0 Å². The van der Waals surface area contributed by atoms with E-state index in [2.05, 4.69) is 15.9 Å². The van der Waals surface area contributed by atoms with Crippen LogP contribution in [0.2, 0.25) is 5.02 Å². The van der Waals surface area contributed by atoms with Crippen LogP contribution in [0.4, 0.5) is 21.5 Å². The molecule has 0 saturated heterocycles. The zero-order valence-corrected chi connectivity index (χ0v) is 14.4. The summed E-state index contributed by atoms with van der Waals surface area (Å²) in [7, 11) is -3.81. The minimum absolute atomic E-state index is 0.0408. The van der Waals surface area contributed by atoms with Gasteiger partial charge in [0, 0.05) is 11.9 Å². The van der Waals surface area contributed by atoms with Crippen molar-refractivity contribution in [2.45, 2.75) is 0 Å². The summed E-state index contributed by atoms with van der Waals surface area (Å²) in [5, 5.41) is 0.532. The summed E-state index contributed by atoms with van der Waals surface area (Å²) in [6.45, 7) is 0.286. The largest absolute Gasteiger partial charge is 0.331 e. The Bertz CT molecular complexity index is 831. The van der Waals surface area contributed by atoms with E-state index in [0.717, 1.165) is 10.4 Å². The molecule has 0 amide bonds. The SMILES string of the molecule is O=S1(=O)N(CCBr)c2ccccc2N1c1ccc(F)cc1Cl. The lowest BCUT2D eigenvalue weighted by Gasteiger charge is -2.22. The van der Waals surface area contributed by atoms with E-state index in [-0.39, 0.29) is 17.3 Å². The van der Waals surface area contributed by atoms with Gasteiger partial charge < -0.3 is 0 Å². The van der Waals surface area contributed by atoms with Crippen LogP contribution in [0.1, 0.15) is 0 Å². The average molecular weight is 406 g/mol. The Balaban J connectivity index is 2.23. The molecular formula is C14H11BrClFN2O2S. The Morgan fingerprint density at radius 1 is 1.09 bits per heavy atom. The Kier molecular flexibility index (Phi) is 4.05. The molecular weight excluding hydrogens is 395 g/mol. The van der Waals surface area contributed by atoms with Crippen molar-refractivity contribution >= 4 is 54.8 Å². The molecule has 0 N–H and O–H groups in total. The van der Waals surface area contributed by atoms with Crippen LogP contribution in [0.15, 0.2) is 42.5 Å². The molecule has 8 heteroatoms. The lowest BCUT2D eigenvalue weighted by Crippen LogP contribution is -2.36. The van der Waals surface area contributed by atoms with E-state index in [4.69, 9.17) is 11.6 Å². The van der Waals surface area contributed by atoms with Gasteiger partial charge in [-0.25, -0.2) is 8.70 Å². The molecule has 0 fully saturated rings. The lowest BCUT2D eigenvalue weighted by molar-refractivity contribution is 0.594. The first-order valence-electron chi connectivity index (χ1n) is 6.40. The number of anilines is 3. The molecule has 0 radical (unpaired) electrons. The Hall–Kier alpha value is -1.31.